The number of aryl methyl sites for hydroxylation is 2. The van der Waals surface area contributed by atoms with Gasteiger partial charge in [0.15, 0.2) is 0 Å². The zero-order chi connectivity index (χ0) is 28.9. The van der Waals surface area contributed by atoms with Crippen LogP contribution in [0.2, 0.25) is 0 Å². The highest BCUT2D eigenvalue weighted by Crippen LogP contribution is 2.25. The molecule has 0 bridgehead atoms. The van der Waals surface area contributed by atoms with Crippen LogP contribution in [0.4, 0.5) is 0 Å². The minimum absolute atomic E-state index is 0.0183. The van der Waals surface area contributed by atoms with Gasteiger partial charge in [0.2, 0.25) is 11.6 Å². The Labute approximate surface area is 217 Å². The van der Waals surface area contributed by atoms with Crippen LogP contribution in [-0.2, 0) is 27.2 Å². The van der Waals surface area contributed by atoms with Crippen molar-refractivity contribution in [1.29, 1.82) is 0 Å². The molecular formula is C25H26N6O7-2. The first-order valence-corrected chi connectivity index (χ1v) is 11.0. The largest absolute Gasteiger partial charge is 0.508 e. The van der Waals surface area contributed by atoms with Gasteiger partial charge in [0.05, 0.1) is 0 Å². The van der Waals surface area contributed by atoms with Gasteiger partial charge in [-0.05, 0) is 61.1 Å². The normalized spacial score (nSPS) is 10.8. The summed E-state index contributed by atoms with van der Waals surface area (Å²) in [5, 5.41) is 37.8. The van der Waals surface area contributed by atoms with Crippen LogP contribution in [0.5, 0.6) is 23.0 Å². The molecule has 1 aliphatic carbocycles. The van der Waals surface area contributed by atoms with E-state index in [-0.39, 0.29) is 28.8 Å². The summed E-state index contributed by atoms with van der Waals surface area (Å²) >= 11 is 0. The van der Waals surface area contributed by atoms with E-state index in [0.29, 0.717) is 38.5 Å². The third-order valence-electron chi connectivity index (χ3n) is 4.79. The molecule has 0 amide bonds. The van der Waals surface area contributed by atoms with E-state index in [9.17, 15) is 34.8 Å². The number of ketones is 3. The van der Waals surface area contributed by atoms with Gasteiger partial charge in [-0.1, -0.05) is 24.3 Å². The number of carbonyl (C=O) groups is 3. The smallest absolute Gasteiger partial charge is 0.225 e. The average molecular weight is 523 g/mol. The Bertz CT molecular complexity index is 1140. The van der Waals surface area contributed by atoms with Crippen LogP contribution >= 0.6 is 0 Å². The van der Waals surface area contributed by atoms with Gasteiger partial charge in [0.1, 0.15) is 28.8 Å². The molecule has 0 aromatic heterocycles. The van der Waals surface area contributed by atoms with Crippen LogP contribution < -0.4 is 0 Å². The van der Waals surface area contributed by atoms with Crippen LogP contribution in [0, 0.1) is 0 Å². The lowest BCUT2D eigenvalue weighted by atomic mass is 10.0. The van der Waals surface area contributed by atoms with Gasteiger partial charge in [-0.3, -0.25) is 24.2 Å². The van der Waals surface area contributed by atoms with Crippen LogP contribution in [0.3, 0.4) is 0 Å². The van der Waals surface area contributed by atoms with Crippen molar-refractivity contribution in [3.63, 3.8) is 0 Å². The molecule has 2 aromatic carbocycles. The summed E-state index contributed by atoms with van der Waals surface area (Å²) in [6.45, 7) is 0. The Morgan fingerprint density at radius 3 is 1.29 bits per heavy atom. The standard InChI is InChI=1S/C19H22O5.C6H4O2.2N3/c20-15(5-1-3-13-7-9-16(21)11-18(13)23)6-2-4-14-8-10-17(22)12-19(14)24;7-5-3-1-2-4-6(5)8;2*1-3-2/h7-12,21-24H,1-6H2;1-4H;;/q;;2*-1. The molecule has 13 nitrogen and oxygen atoms in total. The molecule has 13 heteroatoms. The number of benzene rings is 2. The summed E-state index contributed by atoms with van der Waals surface area (Å²) in [7, 11) is 0. The molecule has 0 unspecified atom stereocenters. The Balaban J connectivity index is 0.000000802. The molecule has 0 heterocycles. The van der Waals surface area contributed by atoms with Gasteiger partial charge in [-0.15, -0.1) is 0 Å². The quantitative estimate of drug-likeness (QED) is 0.115. The van der Waals surface area contributed by atoms with E-state index in [1.165, 1.54) is 46.2 Å². The first-order chi connectivity index (χ1) is 18.1. The van der Waals surface area contributed by atoms with Crippen LogP contribution in [0.1, 0.15) is 36.8 Å². The fraction of sp³-hybridized carbons (Fsp3) is 0.240. The molecule has 0 atom stereocenters. The molecule has 0 saturated carbocycles. The maximum atomic E-state index is 11.9. The van der Waals surface area contributed by atoms with E-state index < -0.39 is 11.6 Å². The minimum atomic E-state index is -0.437. The van der Waals surface area contributed by atoms with Gasteiger partial charge in [0.25, 0.3) is 0 Å². The third-order valence-corrected chi connectivity index (χ3v) is 4.79. The van der Waals surface area contributed by atoms with Crippen molar-refractivity contribution in [2.24, 2.45) is 0 Å². The van der Waals surface area contributed by atoms with E-state index >= 15 is 0 Å². The number of phenols is 4. The monoisotopic (exact) mass is 522 g/mol. The van der Waals surface area contributed by atoms with Gasteiger partial charge < -0.3 is 42.6 Å². The molecular weight excluding hydrogens is 496 g/mol. The van der Waals surface area contributed by atoms with Crippen molar-refractivity contribution in [2.45, 2.75) is 38.5 Å². The predicted molar refractivity (Wildman–Crippen MR) is 139 cm³/mol. The van der Waals surface area contributed by atoms with Crippen molar-refractivity contribution in [1.82, 2.24) is 0 Å². The Morgan fingerprint density at radius 1 is 0.658 bits per heavy atom. The van der Waals surface area contributed by atoms with E-state index in [1.807, 2.05) is 0 Å². The molecule has 2 aromatic rings. The SMILES string of the molecule is O=C(CCCc1ccc(O)cc1O)CCCc1ccc(O)cc1O.O=C1C=CC=CC1=O.[N-]=[N+]=[N-].[N-]=[N+]=[N-]. The summed E-state index contributed by atoms with van der Waals surface area (Å²) in [4.78, 5) is 35.5. The molecule has 38 heavy (non-hydrogen) atoms. The number of hydrogen-bond acceptors (Lipinski definition) is 7. The minimum Gasteiger partial charge on any atom is -0.508 e. The number of carbonyl (C=O) groups excluding carboxylic acids is 3. The zero-order valence-electron chi connectivity index (χ0n) is 20.2. The number of Topliss-reactive ketones (excluding diaryl/α,β-unsaturated/α-hetero) is 1. The average Bonchev–Trinajstić information content (AvgIpc) is 2.85. The van der Waals surface area contributed by atoms with E-state index in [1.54, 1.807) is 24.3 Å². The second-order valence-corrected chi connectivity index (χ2v) is 7.50. The number of aromatic hydroxyl groups is 4. The number of hydrogen-bond donors (Lipinski definition) is 4. The summed E-state index contributed by atoms with van der Waals surface area (Å²) in [5.74, 6) is -0.600. The first-order valence-electron chi connectivity index (χ1n) is 11.0. The Kier molecular flexibility index (Phi) is 16.4. The predicted octanol–water partition coefficient (Wildman–Crippen LogP) is 5.41. The number of nitrogens with zero attached hydrogens (tertiary/aromatic N) is 6. The van der Waals surface area contributed by atoms with Crippen LogP contribution in [0.25, 0.3) is 31.9 Å². The van der Waals surface area contributed by atoms with Crippen LogP contribution in [-0.4, -0.2) is 37.8 Å². The fourth-order valence-corrected chi connectivity index (χ4v) is 3.05. The third kappa shape index (κ3) is 14.2. The molecule has 3 rings (SSSR count). The fourth-order valence-electron chi connectivity index (χ4n) is 3.05. The zero-order valence-corrected chi connectivity index (χ0v) is 20.2. The number of rotatable bonds is 8. The summed E-state index contributed by atoms with van der Waals surface area (Å²) < 4.78 is 0. The Hall–Kier alpha value is -5.25. The van der Waals surface area contributed by atoms with Gasteiger partial charge in [0, 0.05) is 25.0 Å². The highest BCUT2D eigenvalue weighted by atomic mass is 16.3. The topological polar surface area (TPSA) is 250 Å². The molecule has 0 saturated heterocycles. The van der Waals surface area contributed by atoms with Crippen LogP contribution in [0.15, 0.2) is 60.7 Å². The summed E-state index contributed by atoms with van der Waals surface area (Å²) in [6, 6.07) is 8.93. The molecule has 200 valence electrons. The lowest BCUT2D eigenvalue weighted by Crippen LogP contribution is -2.08. The van der Waals surface area contributed by atoms with Gasteiger partial charge in [-0.25, -0.2) is 0 Å². The lowest BCUT2D eigenvalue weighted by molar-refractivity contribution is -0.131. The van der Waals surface area contributed by atoms with Gasteiger partial charge >= 0.3 is 0 Å². The highest BCUT2D eigenvalue weighted by molar-refractivity contribution is 6.46. The first kappa shape index (κ1) is 32.8. The van der Waals surface area contributed by atoms with Crippen molar-refractivity contribution in [2.75, 3.05) is 0 Å². The van der Waals surface area contributed by atoms with Crippen molar-refractivity contribution in [3.05, 3.63) is 104 Å². The van der Waals surface area contributed by atoms with Crippen molar-refractivity contribution >= 4 is 17.3 Å². The molecule has 0 aliphatic heterocycles. The molecule has 1 aliphatic rings. The maximum Gasteiger partial charge on any atom is 0.225 e. The number of phenolic OH excluding ortho intramolecular Hbond substituents is 4. The second kappa shape index (κ2) is 19.0. The van der Waals surface area contributed by atoms with Gasteiger partial charge in [-0.2, -0.15) is 0 Å². The number of allylic oxidation sites excluding steroid dienone is 4. The summed E-state index contributed by atoms with van der Waals surface area (Å²) in [6.07, 6.45) is 8.90. The highest BCUT2D eigenvalue weighted by Gasteiger charge is 2.08. The van der Waals surface area contributed by atoms with E-state index in [4.69, 9.17) is 22.1 Å². The maximum absolute atomic E-state index is 11.9. The van der Waals surface area contributed by atoms with Crippen molar-refractivity contribution < 1.29 is 34.8 Å². The molecule has 0 fully saturated rings. The summed E-state index contributed by atoms with van der Waals surface area (Å²) in [5.41, 5.74) is 28.4. The molecule has 0 radical (unpaired) electrons. The van der Waals surface area contributed by atoms with E-state index in [2.05, 4.69) is 0 Å². The Morgan fingerprint density at radius 2 is 1.00 bits per heavy atom. The van der Waals surface area contributed by atoms with E-state index in [0.717, 1.165) is 11.1 Å². The lowest BCUT2D eigenvalue weighted by Gasteiger charge is -2.06. The molecule has 0 spiro atoms. The molecule has 4 N–H and O–H groups in total. The second-order valence-electron chi connectivity index (χ2n) is 7.50. The van der Waals surface area contributed by atoms with Crippen molar-refractivity contribution in [3.8, 4) is 23.0 Å².